The number of fused-ring (bicyclic) bond motifs is 1. The Morgan fingerprint density at radius 3 is 2.92 bits per heavy atom. The van der Waals surface area contributed by atoms with Gasteiger partial charge in [0.1, 0.15) is 5.75 Å². The number of rotatable bonds is 4. The van der Waals surface area contributed by atoms with Crippen molar-refractivity contribution < 1.29 is 9.53 Å². The Kier molecular flexibility index (Phi) is 4.14. The van der Waals surface area contributed by atoms with Crippen molar-refractivity contribution in [2.24, 2.45) is 0 Å². The first kappa shape index (κ1) is 15.7. The van der Waals surface area contributed by atoms with Gasteiger partial charge in [0.25, 0.3) is 5.91 Å². The van der Waals surface area contributed by atoms with E-state index >= 15 is 0 Å². The highest BCUT2D eigenvalue weighted by atomic mass is 16.5. The van der Waals surface area contributed by atoms with Gasteiger partial charge in [0.2, 0.25) is 0 Å². The number of nitrogens with zero attached hydrogens (tertiary/aromatic N) is 2. The van der Waals surface area contributed by atoms with Gasteiger partial charge in [0.15, 0.2) is 0 Å². The number of hydrogen-bond acceptors (Lipinski definition) is 3. The standard InChI is InChI=1S/C20H21N3O2/c1-2-25-16-10-8-14(9-11-16)18-7-4-12-23(18)20(24)17-6-3-5-15-13-21-22-19(15)17/h3,5-6,8-11,13,18H,2,4,7,12H2,1H3,(H,21,22)/t18-/m1/s1. The van der Waals surface area contributed by atoms with E-state index in [2.05, 4.69) is 22.3 Å². The van der Waals surface area contributed by atoms with Gasteiger partial charge in [0.05, 0.1) is 29.9 Å². The fraction of sp³-hybridized carbons (Fsp3) is 0.300. The van der Waals surface area contributed by atoms with Gasteiger partial charge >= 0.3 is 0 Å². The van der Waals surface area contributed by atoms with E-state index in [1.165, 1.54) is 0 Å². The van der Waals surface area contributed by atoms with Crippen LogP contribution in [0, 0.1) is 0 Å². The van der Waals surface area contributed by atoms with Crippen LogP contribution in [0.4, 0.5) is 0 Å². The second kappa shape index (κ2) is 6.59. The maximum atomic E-state index is 13.2. The number of carbonyl (C=O) groups excluding carboxylic acids is 1. The first-order valence-corrected chi connectivity index (χ1v) is 8.73. The summed E-state index contributed by atoms with van der Waals surface area (Å²) in [6, 6.07) is 14.0. The second-order valence-corrected chi connectivity index (χ2v) is 6.30. The molecule has 5 nitrogen and oxygen atoms in total. The fourth-order valence-electron chi connectivity index (χ4n) is 3.61. The first-order valence-electron chi connectivity index (χ1n) is 8.73. The van der Waals surface area contributed by atoms with Gasteiger partial charge in [-0.3, -0.25) is 9.89 Å². The average Bonchev–Trinajstić information content (AvgIpc) is 3.31. The molecule has 1 saturated heterocycles. The molecule has 0 saturated carbocycles. The van der Waals surface area contributed by atoms with Crippen molar-refractivity contribution in [2.45, 2.75) is 25.8 Å². The number of aromatic nitrogens is 2. The third-order valence-corrected chi connectivity index (χ3v) is 4.80. The summed E-state index contributed by atoms with van der Waals surface area (Å²) in [5.41, 5.74) is 2.66. The second-order valence-electron chi connectivity index (χ2n) is 6.30. The Bertz CT molecular complexity index is 885. The third kappa shape index (κ3) is 2.86. The number of nitrogens with one attached hydrogen (secondary N) is 1. The molecule has 2 heterocycles. The van der Waals surface area contributed by atoms with E-state index in [9.17, 15) is 4.79 Å². The van der Waals surface area contributed by atoms with Crippen LogP contribution in [0.2, 0.25) is 0 Å². The average molecular weight is 335 g/mol. The summed E-state index contributed by atoms with van der Waals surface area (Å²) in [5, 5.41) is 7.98. The zero-order valence-electron chi connectivity index (χ0n) is 14.2. The van der Waals surface area contributed by atoms with Crippen molar-refractivity contribution >= 4 is 16.8 Å². The van der Waals surface area contributed by atoms with Crippen molar-refractivity contribution in [3.63, 3.8) is 0 Å². The first-order chi connectivity index (χ1) is 12.3. The largest absolute Gasteiger partial charge is 0.494 e. The maximum Gasteiger partial charge on any atom is 0.256 e. The maximum absolute atomic E-state index is 13.2. The number of carbonyl (C=O) groups is 1. The predicted molar refractivity (Wildman–Crippen MR) is 96.7 cm³/mol. The zero-order valence-corrected chi connectivity index (χ0v) is 14.2. The van der Waals surface area contributed by atoms with Gasteiger partial charge in [-0.25, -0.2) is 0 Å². The molecule has 3 aromatic rings. The van der Waals surface area contributed by atoms with E-state index in [4.69, 9.17) is 4.74 Å². The summed E-state index contributed by atoms with van der Waals surface area (Å²) < 4.78 is 5.51. The Labute approximate surface area is 146 Å². The molecule has 2 aromatic carbocycles. The molecule has 1 amide bonds. The van der Waals surface area contributed by atoms with Crippen LogP contribution in [0.15, 0.2) is 48.7 Å². The van der Waals surface area contributed by atoms with Gasteiger partial charge < -0.3 is 9.64 Å². The summed E-state index contributed by atoms with van der Waals surface area (Å²) >= 11 is 0. The molecule has 5 heteroatoms. The van der Waals surface area contributed by atoms with Crippen molar-refractivity contribution in [1.29, 1.82) is 0 Å². The van der Waals surface area contributed by atoms with E-state index in [0.717, 1.165) is 41.6 Å². The summed E-state index contributed by atoms with van der Waals surface area (Å²) in [5.74, 6) is 0.926. The highest BCUT2D eigenvalue weighted by molar-refractivity contribution is 6.05. The lowest BCUT2D eigenvalue weighted by Gasteiger charge is -2.25. The molecule has 0 aliphatic carbocycles. The fourth-order valence-corrected chi connectivity index (χ4v) is 3.61. The van der Waals surface area contributed by atoms with Crippen molar-refractivity contribution in [3.8, 4) is 5.75 Å². The topological polar surface area (TPSA) is 58.2 Å². The zero-order chi connectivity index (χ0) is 17.2. The van der Waals surface area contributed by atoms with Crippen LogP contribution in [0.5, 0.6) is 5.75 Å². The van der Waals surface area contributed by atoms with Crippen LogP contribution < -0.4 is 4.74 Å². The molecule has 1 aliphatic rings. The Morgan fingerprint density at radius 1 is 1.28 bits per heavy atom. The minimum atomic E-state index is 0.0613. The Hall–Kier alpha value is -2.82. The summed E-state index contributed by atoms with van der Waals surface area (Å²) in [4.78, 5) is 15.1. The molecule has 0 bridgehead atoms. The van der Waals surface area contributed by atoms with Crippen LogP contribution in [-0.4, -0.2) is 34.2 Å². The Morgan fingerprint density at radius 2 is 2.12 bits per heavy atom. The van der Waals surface area contributed by atoms with Gasteiger partial charge in [-0.1, -0.05) is 24.3 Å². The molecular formula is C20H21N3O2. The summed E-state index contributed by atoms with van der Waals surface area (Å²) in [6.07, 6.45) is 3.75. The van der Waals surface area contributed by atoms with Crippen LogP contribution in [0.3, 0.4) is 0 Å². The molecule has 0 spiro atoms. The van der Waals surface area contributed by atoms with Crippen LogP contribution in [0.1, 0.15) is 41.7 Å². The molecule has 0 radical (unpaired) electrons. The van der Waals surface area contributed by atoms with Crippen LogP contribution in [0.25, 0.3) is 10.9 Å². The van der Waals surface area contributed by atoms with E-state index in [-0.39, 0.29) is 11.9 Å². The monoisotopic (exact) mass is 335 g/mol. The number of aromatic amines is 1. The quantitative estimate of drug-likeness (QED) is 0.786. The third-order valence-electron chi connectivity index (χ3n) is 4.80. The molecule has 0 unspecified atom stereocenters. The van der Waals surface area contributed by atoms with Crippen LogP contribution in [-0.2, 0) is 0 Å². The van der Waals surface area contributed by atoms with Crippen LogP contribution >= 0.6 is 0 Å². The molecule has 4 rings (SSSR count). The SMILES string of the molecule is CCOc1ccc([C@H]2CCCN2C(=O)c2cccc3cn[nH]c23)cc1. The lowest BCUT2D eigenvalue weighted by atomic mass is 10.0. The number of para-hydroxylation sites is 1. The number of hydrogen-bond donors (Lipinski definition) is 1. The summed E-state index contributed by atoms with van der Waals surface area (Å²) in [6.45, 7) is 3.41. The lowest BCUT2D eigenvalue weighted by molar-refractivity contribution is 0.0737. The number of likely N-dealkylation sites (tertiary alicyclic amines) is 1. The smallest absolute Gasteiger partial charge is 0.256 e. The van der Waals surface area contributed by atoms with E-state index < -0.39 is 0 Å². The predicted octanol–water partition coefficient (Wildman–Crippen LogP) is 3.94. The number of H-pyrrole nitrogens is 1. The lowest BCUT2D eigenvalue weighted by Crippen LogP contribution is -2.30. The molecule has 1 aromatic heterocycles. The van der Waals surface area contributed by atoms with E-state index in [1.807, 2.05) is 42.2 Å². The van der Waals surface area contributed by atoms with E-state index in [0.29, 0.717) is 12.2 Å². The number of ether oxygens (including phenoxy) is 1. The van der Waals surface area contributed by atoms with Gasteiger partial charge in [0, 0.05) is 11.9 Å². The molecule has 1 aliphatic heterocycles. The molecule has 1 N–H and O–H groups in total. The number of amides is 1. The van der Waals surface area contributed by atoms with Gasteiger partial charge in [-0.15, -0.1) is 0 Å². The molecule has 1 atom stereocenters. The minimum absolute atomic E-state index is 0.0613. The van der Waals surface area contributed by atoms with Crippen molar-refractivity contribution in [2.75, 3.05) is 13.2 Å². The Balaban J connectivity index is 1.62. The summed E-state index contributed by atoms with van der Waals surface area (Å²) in [7, 11) is 0. The normalized spacial score (nSPS) is 17.2. The van der Waals surface area contributed by atoms with Crippen molar-refractivity contribution in [1.82, 2.24) is 15.1 Å². The molecule has 1 fully saturated rings. The highest BCUT2D eigenvalue weighted by Gasteiger charge is 2.31. The van der Waals surface area contributed by atoms with Gasteiger partial charge in [-0.2, -0.15) is 5.10 Å². The van der Waals surface area contributed by atoms with Gasteiger partial charge in [-0.05, 0) is 43.5 Å². The highest BCUT2D eigenvalue weighted by Crippen LogP contribution is 2.34. The molecular weight excluding hydrogens is 314 g/mol. The van der Waals surface area contributed by atoms with E-state index in [1.54, 1.807) is 6.20 Å². The molecule has 128 valence electrons. The number of benzene rings is 2. The van der Waals surface area contributed by atoms with Crippen molar-refractivity contribution in [3.05, 3.63) is 59.8 Å². The minimum Gasteiger partial charge on any atom is -0.494 e. The molecule has 25 heavy (non-hydrogen) atoms.